The first-order valence-electron chi connectivity index (χ1n) is 10.5. The van der Waals surface area contributed by atoms with Gasteiger partial charge in [0.15, 0.2) is 11.5 Å². The van der Waals surface area contributed by atoms with Crippen molar-refractivity contribution in [3.05, 3.63) is 54.4 Å². The molecule has 34 heavy (non-hydrogen) atoms. The number of piperazine rings is 1. The van der Waals surface area contributed by atoms with Crippen molar-refractivity contribution >= 4 is 36.4 Å². The van der Waals surface area contributed by atoms with Gasteiger partial charge in [-0.1, -0.05) is 6.07 Å². The third-order valence-electron chi connectivity index (χ3n) is 6.03. The summed E-state index contributed by atoms with van der Waals surface area (Å²) in [6, 6.07) is 6.99. The highest BCUT2D eigenvalue weighted by molar-refractivity contribution is 5.85. The fraction of sp³-hybridized carbons (Fsp3) is 0.304. The molecule has 1 aliphatic heterocycles. The van der Waals surface area contributed by atoms with E-state index < -0.39 is 5.82 Å². The normalized spacial score (nSPS) is 16.2. The van der Waals surface area contributed by atoms with Gasteiger partial charge in [0.2, 0.25) is 5.95 Å². The number of hydrogen-bond acceptors (Lipinski definition) is 7. The van der Waals surface area contributed by atoms with Crippen LogP contribution in [0.5, 0.6) is 5.75 Å². The van der Waals surface area contributed by atoms with Crippen LogP contribution in [0.3, 0.4) is 0 Å². The number of phenols is 1. The van der Waals surface area contributed by atoms with Gasteiger partial charge in [0.1, 0.15) is 11.4 Å². The summed E-state index contributed by atoms with van der Waals surface area (Å²) in [7, 11) is 2.11. The number of rotatable bonds is 3. The number of aryl methyl sites for hydroxylation is 1. The first kappa shape index (κ1) is 25.6. The number of nitrogens with zero attached hydrogens (tertiary/aromatic N) is 7. The fourth-order valence-electron chi connectivity index (χ4n) is 4.03. The molecule has 8 nitrogen and oxygen atoms in total. The molecule has 0 amide bonds. The largest absolute Gasteiger partial charge is 0.507 e. The van der Waals surface area contributed by atoms with Crippen molar-refractivity contribution in [2.24, 2.45) is 0 Å². The molecule has 1 N–H and O–H groups in total. The van der Waals surface area contributed by atoms with Crippen LogP contribution in [0.25, 0.3) is 28.0 Å². The highest BCUT2D eigenvalue weighted by Gasteiger charge is 2.23. The summed E-state index contributed by atoms with van der Waals surface area (Å²) in [5, 5.41) is 19.2. The molecular weight excluding hydrogens is 480 g/mol. The quantitative estimate of drug-likeness (QED) is 0.450. The summed E-state index contributed by atoms with van der Waals surface area (Å²) >= 11 is 0. The molecule has 0 radical (unpaired) electrons. The van der Waals surface area contributed by atoms with Crippen LogP contribution >= 0.6 is 24.8 Å². The van der Waals surface area contributed by atoms with E-state index >= 15 is 0 Å². The maximum atomic E-state index is 14.4. The highest BCUT2D eigenvalue weighted by atomic mass is 35.5. The lowest BCUT2D eigenvalue weighted by molar-refractivity contribution is 0.232. The maximum absolute atomic E-state index is 14.4. The van der Waals surface area contributed by atoms with Crippen LogP contribution in [-0.2, 0) is 0 Å². The number of anilines is 1. The molecule has 0 unspecified atom stereocenters. The van der Waals surface area contributed by atoms with Crippen LogP contribution in [0.4, 0.5) is 10.3 Å². The molecule has 0 saturated carbocycles. The first-order valence-corrected chi connectivity index (χ1v) is 10.5. The zero-order valence-electron chi connectivity index (χ0n) is 19.0. The van der Waals surface area contributed by atoms with E-state index in [4.69, 9.17) is 0 Å². The predicted molar refractivity (Wildman–Crippen MR) is 135 cm³/mol. The van der Waals surface area contributed by atoms with E-state index in [1.54, 1.807) is 35.1 Å². The Kier molecular flexibility index (Phi) is 7.60. The third-order valence-corrected chi connectivity index (χ3v) is 6.03. The van der Waals surface area contributed by atoms with E-state index in [2.05, 4.69) is 43.9 Å². The topological polar surface area (TPSA) is 82.7 Å². The molecule has 180 valence electrons. The van der Waals surface area contributed by atoms with Gasteiger partial charge in [0.05, 0.1) is 11.9 Å². The summed E-state index contributed by atoms with van der Waals surface area (Å²) in [6.07, 6.45) is 5.18. The van der Waals surface area contributed by atoms with Crippen LogP contribution in [0.1, 0.15) is 12.6 Å². The Morgan fingerprint density at radius 3 is 2.53 bits per heavy atom. The Balaban J connectivity index is 0.00000162. The molecule has 1 saturated heterocycles. The molecule has 1 fully saturated rings. The standard InChI is InChI=1S/C23H24FN7O.2ClH/c1-14-11-31-13-17(8-19(24)22(31)26-14)16-4-5-18(21(32)9-16)20-10-25-23(28-27-20)30-7-6-29(3)15(2)12-30;;/h4-5,8-11,13,15,32H,6-7,12H2,1-3H3;2*1H/t15-;;/m1../s1. The zero-order chi connectivity index (χ0) is 22.4. The van der Waals surface area contributed by atoms with Crippen LogP contribution in [0.2, 0.25) is 0 Å². The first-order chi connectivity index (χ1) is 15.4. The molecule has 0 aliphatic carbocycles. The van der Waals surface area contributed by atoms with Crippen molar-refractivity contribution in [1.82, 2.24) is 29.5 Å². The number of fused-ring (bicyclic) bond motifs is 1. The Labute approximate surface area is 209 Å². The molecule has 11 heteroatoms. The predicted octanol–water partition coefficient (Wildman–Crippen LogP) is 3.99. The van der Waals surface area contributed by atoms with Gasteiger partial charge in [-0.3, -0.25) is 0 Å². The molecule has 3 aromatic heterocycles. The van der Waals surface area contributed by atoms with Gasteiger partial charge in [0, 0.05) is 49.2 Å². The van der Waals surface area contributed by atoms with Gasteiger partial charge in [-0.25, -0.2) is 14.4 Å². The molecule has 0 bridgehead atoms. The summed E-state index contributed by atoms with van der Waals surface area (Å²) < 4.78 is 16.1. The van der Waals surface area contributed by atoms with E-state index in [1.165, 1.54) is 6.07 Å². The lowest BCUT2D eigenvalue weighted by Gasteiger charge is -2.37. The number of pyridine rings is 1. The monoisotopic (exact) mass is 505 g/mol. The second-order valence-electron chi connectivity index (χ2n) is 8.34. The van der Waals surface area contributed by atoms with Gasteiger partial charge in [-0.05, 0) is 44.7 Å². The summed E-state index contributed by atoms with van der Waals surface area (Å²) in [6.45, 7) is 6.62. The van der Waals surface area contributed by atoms with Gasteiger partial charge < -0.3 is 19.3 Å². The maximum Gasteiger partial charge on any atom is 0.245 e. The smallest absolute Gasteiger partial charge is 0.245 e. The van der Waals surface area contributed by atoms with E-state index in [0.717, 1.165) is 25.3 Å². The van der Waals surface area contributed by atoms with E-state index in [-0.39, 0.29) is 36.2 Å². The number of benzene rings is 1. The number of phenolic OH excluding ortho intramolecular Hbond substituents is 1. The number of hydrogen-bond donors (Lipinski definition) is 1. The van der Waals surface area contributed by atoms with Crippen LogP contribution in [0.15, 0.2) is 42.9 Å². The van der Waals surface area contributed by atoms with Gasteiger partial charge in [-0.2, -0.15) is 0 Å². The van der Waals surface area contributed by atoms with Crippen molar-refractivity contribution < 1.29 is 9.50 Å². The average molecular weight is 506 g/mol. The Morgan fingerprint density at radius 2 is 1.85 bits per heavy atom. The SMILES string of the molecule is Cc1cn2cc(-c3ccc(-c4cnc(N5CCN(C)[C@H](C)C5)nn4)c(O)c3)cc(F)c2n1.Cl.Cl. The fourth-order valence-corrected chi connectivity index (χ4v) is 4.03. The van der Waals surface area contributed by atoms with Crippen molar-refractivity contribution in [3.8, 4) is 28.1 Å². The zero-order valence-corrected chi connectivity index (χ0v) is 20.6. The van der Waals surface area contributed by atoms with Gasteiger partial charge in [-0.15, -0.1) is 35.0 Å². The van der Waals surface area contributed by atoms with Crippen molar-refractivity contribution in [3.63, 3.8) is 0 Å². The van der Waals surface area contributed by atoms with Crippen molar-refractivity contribution in [2.45, 2.75) is 19.9 Å². The lowest BCUT2D eigenvalue weighted by atomic mass is 10.0. The minimum absolute atomic E-state index is 0. The molecule has 4 heterocycles. The summed E-state index contributed by atoms with van der Waals surface area (Å²) in [5.74, 6) is 0.203. The highest BCUT2D eigenvalue weighted by Crippen LogP contribution is 2.33. The molecule has 1 aromatic carbocycles. The number of likely N-dealkylation sites (N-methyl/N-ethyl adjacent to an activating group) is 1. The minimum Gasteiger partial charge on any atom is -0.507 e. The molecule has 1 atom stereocenters. The molecular formula is C23H26Cl2FN7O. The third kappa shape index (κ3) is 4.77. The molecule has 4 aromatic rings. The van der Waals surface area contributed by atoms with Crippen molar-refractivity contribution in [1.29, 1.82) is 0 Å². The van der Waals surface area contributed by atoms with E-state index in [1.807, 2.05) is 13.0 Å². The Bertz CT molecular complexity index is 1300. The minimum atomic E-state index is -0.414. The molecule has 0 spiro atoms. The Hall–Kier alpha value is -3.01. The van der Waals surface area contributed by atoms with Crippen LogP contribution in [0, 0.1) is 12.7 Å². The number of halogens is 3. The van der Waals surface area contributed by atoms with Gasteiger partial charge >= 0.3 is 0 Å². The van der Waals surface area contributed by atoms with E-state index in [0.29, 0.717) is 34.4 Å². The van der Waals surface area contributed by atoms with Crippen LogP contribution in [-0.4, -0.2) is 67.3 Å². The molecule has 5 rings (SSSR count). The van der Waals surface area contributed by atoms with Crippen LogP contribution < -0.4 is 4.90 Å². The number of imidazole rings is 1. The summed E-state index contributed by atoms with van der Waals surface area (Å²) in [5.41, 5.74) is 3.34. The number of aromatic hydroxyl groups is 1. The molecule has 1 aliphatic rings. The average Bonchev–Trinajstić information content (AvgIpc) is 3.17. The van der Waals surface area contributed by atoms with E-state index in [9.17, 15) is 9.50 Å². The number of aromatic nitrogens is 5. The summed E-state index contributed by atoms with van der Waals surface area (Å²) in [4.78, 5) is 13.1. The van der Waals surface area contributed by atoms with Gasteiger partial charge in [0.25, 0.3) is 0 Å². The second kappa shape index (κ2) is 10.1. The lowest BCUT2D eigenvalue weighted by Crippen LogP contribution is -2.50. The Morgan fingerprint density at radius 1 is 1.06 bits per heavy atom. The second-order valence-corrected chi connectivity index (χ2v) is 8.34. The van der Waals surface area contributed by atoms with Crippen molar-refractivity contribution in [2.75, 3.05) is 31.6 Å².